The van der Waals surface area contributed by atoms with Gasteiger partial charge in [-0.25, -0.2) is 4.39 Å². The summed E-state index contributed by atoms with van der Waals surface area (Å²) in [6, 6.07) is 9.57. The van der Waals surface area contributed by atoms with E-state index in [0.717, 1.165) is 16.1 Å². The Bertz CT molecular complexity index is 638. The lowest BCUT2D eigenvalue weighted by Gasteiger charge is -2.15. The molecule has 0 fully saturated rings. The predicted octanol–water partition coefficient (Wildman–Crippen LogP) is 5.32. The van der Waals surface area contributed by atoms with Gasteiger partial charge in [0.15, 0.2) is 6.29 Å². The van der Waals surface area contributed by atoms with E-state index < -0.39 is 5.82 Å². The number of ether oxygens (including phenoxy) is 1. The van der Waals surface area contributed by atoms with Gasteiger partial charge < -0.3 is 4.74 Å². The Morgan fingerprint density at radius 3 is 2.50 bits per heavy atom. The van der Waals surface area contributed by atoms with Gasteiger partial charge in [-0.05, 0) is 47.9 Å². The molecule has 4 heteroatoms. The van der Waals surface area contributed by atoms with Gasteiger partial charge in [0, 0.05) is 4.47 Å². The fourth-order valence-electron chi connectivity index (χ4n) is 1.89. The van der Waals surface area contributed by atoms with Crippen LogP contribution < -0.4 is 4.74 Å². The van der Waals surface area contributed by atoms with Crippen LogP contribution in [0.1, 0.15) is 35.7 Å². The Labute approximate surface area is 125 Å². The lowest BCUT2D eigenvalue weighted by molar-refractivity contribution is 0.112. The number of hydrogen-bond acceptors (Lipinski definition) is 2. The number of aldehydes is 1. The largest absolute Gasteiger partial charge is 0.456 e. The quantitative estimate of drug-likeness (QED) is 0.706. The highest BCUT2D eigenvalue weighted by Crippen LogP contribution is 2.34. The van der Waals surface area contributed by atoms with Crippen LogP contribution in [0.3, 0.4) is 0 Å². The van der Waals surface area contributed by atoms with Crippen LogP contribution in [0.5, 0.6) is 11.5 Å². The molecule has 0 spiro atoms. The van der Waals surface area contributed by atoms with E-state index in [1.807, 2.05) is 18.2 Å². The third kappa shape index (κ3) is 3.25. The van der Waals surface area contributed by atoms with Crippen molar-refractivity contribution in [3.63, 3.8) is 0 Å². The highest BCUT2D eigenvalue weighted by molar-refractivity contribution is 9.10. The summed E-state index contributed by atoms with van der Waals surface area (Å²) in [6.45, 7) is 4.11. The van der Waals surface area contributed by atoms with Crippen LogP contribution in [0.2, 0.25) is 0 Å². The van der Waals surface area contributed by atoms with Gasteiger partial charge in [0.05, 0.1) is 5.56 Å². The average Bonchev–Trinajstić information content (AvgIpc) is 2.42. The van der Waals surface area contributed by atoms with Crippen LogP contribution in [0, 0.1) is 5.82 Å². The van der Waals surface area contributed by atoms with Crippen molar-refractivity contribution in [2.45, 2.75) is 19.8 Å². The molecule has 0 unspecified atom stereocenters. The third-order valence-electron chi connectivity index (χ3n) is 2.91. The summed E-state index contributed by atoms with van der Waals surface area (Å²) in [6.07, 6.45) is 0.590. The molecular formula is C16H14BrFO2. The van der Waals surface area contributed by atoms with Crippen LogP contribution in [-0.4, -0.2) is 6.29 Å². The lowest BCUT2D eigenvalue weighted by Crippen LogP contribution is -1.97. The molecule has 0 saturated heterocycles. The number of carbonyl (C=O) groups excluding carboxylic acids is 1. The van der Waals surface area contributed by atoms with Gasteiger partial charge in [-0.1, -0.05) is 29.8 Å². The van der Waals surface area contributed by atoms with Crippen molar-refractivity contribution in [2.75, 3.05) is 0 Å². The zero-order chi connectivity index (χ0) is 14.7. The molecule has 20 heavy (non-hydrogen) atoms. The summed E-state index contributed by atoms with van der Waals surface area (Å²) in [5.74, 6) is 0.825. The predicted molar refractivity (Wildman–Crippen MR) is 80.1 cm³/mol. The van der Waals surface area contributed by atoms with E-state index in [1.165, 1.54) is 12.1 Å². The number of benzene rings is 2. The third-order valence-corrected chi connectivity index (χ3v) is 3.41. The molecule has 0 saturated carbocycles. The summed E-state index contributed by atoms with van der Waals surface area (Å²) in [4.78, 5) is 11.0. The van der Waals surface area contributed by atoms with Crippen LogP contribution >= 0.6 is 15.9 Å². The molecule has 0 radical (unpaired) electrons. The summed E-state index contributed by atoms with van der Waals surface area (Å²) in [5, 5.41) is 0. The molecule has 2 aromatic carbocycles. The van der Waals surface area contributed by atoms with Crippen LogP contribution in [0.15, 0.2) is 40.9 Å². The maximum atomic E-state index is 13.1. The first kappa shape index (κ1) is 14.7. The number of hydrogen-bond donors (Lipinski definition) is 0. The van der Waals surface area contributed by atoms with Crippen LogP contribution in [0.25, 0.3) is 0 Å². The first-order valence-electron chi connectivity index (χ1n) is 6.23. The molecule has 2 aromatic rings. The Hall–Kier alpha value is -1.68. The number of halogens is 2. The molecule has 0 aliphatic heterocycles. The monoisotopic (exact) mass is 336 g/mol. The maximum Gasteiger partial charge on any atom is 0.153 e. The normalized spacial score (nSPS) is 10.7. The average molecular weight is 337 g/mol. The minimum absolute atomic E-state index is 0.197. The van der Waals surface area contributed by atoms with Gasteiger partial charge >= 0.3 is 0 Å². The van der Waals surface area contributed by atoms with E-state index in [9.17, 15) is 9.18 Å². The van der Waals surface area contributed by atoms with E-state index in [2.05, 4.69) is 29.8 Å². The fourth-order valence-corrected chi connectivity index (χ4v) is 2.27. The summed E-state index contributed by atoms with van der Waals surface area (Å²) in [5.41, 5.74) is 1.21. The van der Waals surface area contributed by atoms with E-state index >= 15 is 0 Å². The van der Waals surface area contributed by atoms with Crippen LogP contribution in [0.4, 0.5) is 4.39 Å². The molecular weight excluding hydrogens is 323 g/mol. The Kier molecular flexibility index (Phi) is 4.55. The minimum atomic E-state index is -0.459. The van der Waals surface area contributed by atoms with Crippen molar-refractivity contribution < 1.29 is 13.9 Å². The molecule has 0 aromatic heterocycles. The van der Waals surface area contributed by atoms with Crippen molar-refractivity contribution >= 4 is 22.2 Å². The summed E-state index contributed by atoms with van der Waals surface area (Å²) < 4.78 is 19.9. The topological polar surface area (TPSA) is 26.3 Å². The van der Waals surface area contributed by atoms with Crippen molar-refractivity contribution in [3.8, 4) is 11.5 Å². The van der Waals surface area contributed by atoms with Gasteiger partial charge in [0.2, 0.25) is 0 Å². The number of carbonyl (C=O) groups is 1. The first-order valence-corrected chi connectivity index (χ1v) is 7.02. The van der Waals surface area contributed by atoms with Gasteiger partial charge in [-0.2, -0.15) is 0 Å². The number of rotatable bonds is 4. The smallest absolute Gasteiger partial charge is 0.153 e. The highest BCUT2D eigenvalue weighted by Gasteiger charge is 2.12. The van der Waals surface area contributed by atoms with E-state index in [-0.39, 0.29) is 11.5 Å². The van der Waals surface area contributed by atoms with Gasteiger partial charge in [0.1, 0.15) is 17.3 Å². The minimum Gasteiger partial charge on any atom is -0.456 e. The van der Waals surface area contributed by atoms with Crippen molar-refractivity contribution in [3.05, 3.63) is 57.8 Å². The van der Waals surface area contributed by atoms with Gasteiger partial charge in [-0.15, -0.1) is 0 Å². The zero-order valence-electron chi connectivity index (χ0n) is 11.2. The van der Waals surface area contributed by atoms with E-state index in [0.29, 0.717) is 17.8 Å². The molecule has 0 heterocycles. The molecule has 0 aliphatic carbocycles. The standard InChI is InChI=1S/C16H14BrFO2/c1-10(2)14-8-12(17)3-5-16(14)20-15-6-4-13(18)7-11(15)9-19/h3-10H,1-2H3. The van der Waals surface area contributed by atoms with Crippen molar-refractivity contribution in [1.82, 2.24) is 0 Å². The van der Waals surface area contributed by atoms with E-state index in [1.54, 1.807) is 0 Å². The summed E-state index contributed by atoms with van der Waals surface area (Å²) >= 11 is 3.43. The maximum absolute atomic E-state index is 13.1. The second-order valence-corrected chi connectivity index (χ2v) is 5.65. The SMILES string of the molecule is CC(C)c1cc(Br)ccc1Oc1ccc(F)cc1C=O. The Morgan fingerprint density at radius 1 is 1.15 bits per heavy atom. The molecule has 104 valence electrons. The Morgan fingerprint density at radius 2 is 1.85 bits per heavy atom. The van der Waals surface area contributed by atoms with Crippen molar-refractivity contribution in [1.29, 1.82) is 0 Å². The van der Waals surface area contributed by atoms with E-state index in [4.69, 9.17) is 4.74 Å². The first-order chi connectivity index (χ1) is 9.51. The molecule has 0 N–H and O–H groups in total. The van der Waals surface area contributed by atoms with Crippen LogP contribution in [-0.2, 0) is 0 Å². The Balaban J connectivity index is 2.42. The highest BCUT2D eigenvalue weighted by atomic mass is 79.9. The molecule has 0 atom stereocenters. The molecule has 0 amide bonds. The fraction of sp³-hybridized carbons (Fsp3) is 0.188. The van der Waals surface area contributed by atoms with Crippen molar-refractivity contribution in [2.24, 2.45) is 0 Å². The second-order valence-electron chi connectivity index (χ2n) is 4.74. The molecule has 2 nitrogen and oxygen atoms in total. The van der Waals surface area contributed by atoms with Gasteiger partial charge in [0.25, 0.3) is 0 Å². The summed E-state index contributed by atoms with van der Waals surface area (Å²) in [7, 11) is 0. The molecule has 0 aliphatic rings. The van der Waals surface area contributed by atoms with Gasteiger partial charge in [-0.3, -0.25) is 4.79 Å². The second kappa shape index (κ2) is 6.18. The molecule has 2 rings (SSSR count). The zero-order valence-corrected chi connectivity index (χ0v) is 12.8. The molecule has 0 bridgehead atoms. The lowest BCUT2D eigenvalue weighted by atomic mass is 10.0.